The number of carbonyl (C=O) groups is 1. The topological polar surface area (TPSA) is 58.8 Å². The quantitative estimate of drug-likeness (QED) is 0.874. The number of hydrogen-bond donors (Lipinski definition) is 1. The zero-order valence-corrected chi connectivity index (χ0v) is 13.6. The fourth-order valence-corrected chi connectivity index (χ4v) is 3.00. The maximum absolute atomic E-state index is 12.5. The van der Waals surface area contributed by atoms with Crippen LogP contribution in [0, 0.1) is 0 Å². The van der Waals surface area contributed by atoms with Gasteiger partial charge in [0.2, 0.25) is 0 Å². The summed E-state index contributed by atoms with van der Waals surface area (Å²) in [5, 5.41) is 0. The Bertz CT molecular complexity index is 464. The van der Waals surface area contributed by atoms with E-state index in [1.807, 2.05) is 49.1 Å². The second-order valence-electron chi connectivity index (χ2n) is 6.07. The van der Waals surface area contributed by atoms with Crippen LogP contribution >= 0.6 is 0 Å². The summed E-state index contributed by atoms with van der Waals surface area (Å²) in [5.74, 6) is 0. The molecular weight excluding hydrogens is 278 g/mol. The minimum absolute atomic E-state index is 0.131. The van der Waals surface area contributed by atoms with Crippen molar-refractivity contribution in [2.24, 2.45) is 5.73 Å². The molecule has 0 aliphatic carbocycles. The summed E-state index contributed by atoms with van der Waals surface area (Å²) >= 11 is 0. The minimum atomic E-state index is -0.224. The van der Waals surface area contributed by atoms with E-state index in [-0.39, 0.29) is 18.2 Å². The number of carbonyl (C=O) groups excluding carboxylic acids is 1. The maximum atomic E-state index is 12.5. The molecule has 0 radical (unpaired) electrons. The van der Waals surface area contributed by atoms with Gasteiger partial charge in [0.25, 0.3) is 0 Å². The average Bonchev–Trinajstić information content (AvgIpc) is 2.94. The molecule has 5 nitrogen and oxygen atoms in total. The Hall–Kier alpha value is -1.59. The van der Waals surface area contributed by atoms with E-state index < -0.39 is 0 Å². The molecule has 22 heavy (non-hydrogen) atoms. The standard InChI is InChI=1S/C17H27N3O2/c1-14(2)20(16-8-10-19(12-16)11-9-18)17(21)22-13-15-6-4-3-5-7-15/h3-7,14,16H,8-13,18H2,1-2H3/t16-/m1/s1. The molecule has 0 saturated carbocycles. The summed E-state index contributed by atoms with van der Waals surface area (Å²) in [6.45, 7) is 7.83. The smallest absolute Gasteiger partial charge is 0.410 e. The van der Waals surface area contributed by atoms with Gasteiger partial charge in [-0.25, -0.2) is 4.79 Å². The zero-order valence-electron chi connectivity index (χ0n) is 13.6. The van der Waals surface area contributed by atoms with E-state index in [1.165, 1.54) is 0 Å². The number of hydrogen-bond acceptors (Lipinski definition) is 4. The molecule has 0 spiro atoms. The van der Waals surface area contributed by atoms with Gasteiger partial charge in [0, 0.05) is 38.3 Å². The molecule has 1 saturated heterocycles. The van der Waals surface area contributed by atoms with Crippen LogP contribution in [0.5, 0.6) is 0 Å². The minimum Gasteiger partial charge on any atom is -0.445 e. The first-order chi connectivity index (χ1) is 10.6. The van der Waals surface area contributed by atoms with Gasteiger partial charge in [0.15, 0.2) is 0 Å². The van der Waals surface area contributed by atoms with E-state index in [0.29, 0.717) is 13.2 Å². The molecule has 122 valence electrons. The second kappa shape index (κ2) is 8.15. The highest BCUT2D eigenvalue weighted by Gasteiger charge is 2.32. The predicted octanol–water partition coefficient (Wildman–Crippen LogP) is 2.07. The molecule has 1 aromatic carbocycles. The van der Waals surface area contributed by atoms with Gasteiger partial charge in [0.1, 0.15) is 6.61 Å². The van der Waals surface area contributed by atoms with Crippen LogP contribution in [0.25, 0.3) is 0 Å². The SMILES string of the molecule is CC(C)N(C(=O)OCc1ccccc1)[C@@H]1CCN(CCN)C1. The van der Waals surface area contributed by atoms with Crippen LogP contribution in [-0.4, -0.2) is 54.2 Å². The second-order valence-corrected chi connectivity index (χ2v) is 6.07. The van der Waals surface area contributed by atoms with Crippen molar-refractivity contribution in [1.82, 2.24) is 9.80 Å². The van der Waals surface area contributed by atoms with E-state index in [4.69, 9.17) is 10.5 Å². The Kier molecular flexibility index (Phi) is 6.21. The van der Waals surface area contributed by atoms with Crippen LogP contribution in [-0.2, 0) is 11.3 Å². The van der Waals surface area contributed by atoms with Crippen molar-refractivity contribution in [2.45, 2.75) is 39.0 Å². The predicted molar refractivity (Wildman–Crippen MR) is 87.5 cm³/mol. The highest BCUT2D eigenvalue weighted by atomic mass is 16.6. The largest absolute Gasteiger partial charge is 0.445 e. The van der Waals surface area contributed by atoms with Crippen molar-refractivity contribution >= 4 is 6.09 Å². The van der Waals surface area contributed by atoms with Gasteiger partial charge in [-0.05, 0) is 25.8 Å². The van der Waals surface area contributed by atoms with E-state index in [2.05, 4.69) is 4.90 Å². The number of benzene rings is 1. The van der Waals surface area contributed by atoms with Gasteiger partial charge >= 0.3 is 6.09 Å². The molecule has 1 atom stereocenters. The molecule has 1 heterocycles. The number of amides is 1. The Morgan fingerprint density at radius 1 is 1.41 bits per heavy atom. The Labute approximate surface area is 133 Å². The highest BCUT2D eigenvalue weighted by Crippen LogP contribution is 2.19. The molecule has 1 aliphatic rings. The molecule has 0 bridgehead atoms. The summed E-state index contributed by atoms with van der Waals surface area (Å²) in [5.41, 5.74) is 6.62. The first-order valence-corrected chi connectivity index (χ1v) is 8.03. The Balaban J connectivity index is 1.91. The molecule has 2 N–H and O–H groups in total. The van der Waals surface area contributed by atoms with E-state index in [9.17, 15) is 4.79 Å². The van der Waals surface area contributed by atoms with Crippen LogP contribution in [0.15, 0.2) is 30.3 Å². The molecule has 2 rings (SSSR count). The molecular formula is C17H27N3O2. The van der Waals surface area contributed by atoms with E-state index >= 15 is 0 Å². The lowest BCUT2D eigenvalue weighted by atomic mass is 10.2. The highest BCUT2D eigenvalue weighted by molar-refractivity contribution is 5.68. The van der Waals surface area contributed by atoms with Crippen molar-refractivity contribution in [3.8, 4) is 0 Å². The van der Waals surface area contributed by atoms with Crippen molar-refractivity contribution in [1.29, 1.82) is 0 Å². The van der Waals surface area contributed by atoms with E-state index in [1.54, 1.807) is 0 Å². The summed E-state index contributed by atoms with van der Waals surface area (Å²) in [4.78, 5) is 16.7. The molecule has 1 aromatic rings. The lowest BCUT2D eigenvalue weighted by Gasteiger charge is -2.32. The van der Waals surface area contributed by atoms with Crippen molar-refractivity contribution in [2.75, 3.05) is 26.2 Å². The van der Waals surface area contributed by atoms with Gasteiger partial charge in [-0.15, -0.1) is 0 Å². The fraction of sp³-hybridized carbons (Fsp3) is 0.588. The van der Waals surface area contributed by atoms with Crippen molar-refractivity contribution < 1.29 is 9.53 Å². The van der Waals surface area contributed by atoms with Crippen LogP contribution in [0.4, 0.5) is 4.79 Å². The molecule has 1 fully saturated rings. The maximum Gasteiger partial charge on any atom is 0.410 e. The van der Waals surface area contributed by atoms with Gasteiger partial charge in [0.05, 0.1) is 0 Å². The molecule has 1 aliphatic heterocycles. The molecule has 5 heteroatoms. The number of nitrogens with zero attached hydrogens (tertiary/aromatic N) is 2. The average molecular weight is 305 g/mol. The van der Waals surface area contributed by atoms with Gasteiger partial charge in [-0.3, -0.25) is 4.90 Å². The number of likely N-dealkylation sites (tertiary alicyclic amines) is 1. The Morgan fingerprint density at radius 3 is 2.77 bits per heavy atom. The monoisotopic (exact) mass is 305 g/mol. The van der Waals surface area contributed by atoms with Gasteiger partial charge in [-0.1, -0.05) is 30.3 Å². The normalized spacial score (nSPS) is 18.6. The lowest BCUT2D eigenvalue weighted by molar-refractivity contribution is 0.0685. The third-order valence-electron chi connectivity index (χ3n) is 4.06. The number of ether oxygens (including phenoxy) is 1. The van der Waals surface area contributed by atoms with Gasteiger partial charge < -0.3 is 15.4 Å². The molecule has 1 amide bonds. The summed E-state index contributed by atoms with van der Waals surface area (Å²) in [6, 6.07) is 10.1. The third-order valence-corrected chi connectivity index (χ3v) is 4.06. The van der Waals surface area contributed by atoms with Crippen LogP contribution in [0.2, 0.25) is 0 Å². The summed E-state index contributed by atoms with van der Waals surface area (Å²) in [7, 11) is 0. The van der Waals surface area contributed by atoms with Gasteiger partial charge in [-0.2, -0.15) is 0 Å². The zero-order chi connectivity index (χ0) is 15.9. The molecule has 0 unspecified atom stereocenters. The van der Waals surface area contributed by atoms with Crippen LogP contribution in [0.1, 0.15) is 25.8 Å². The number of rotatable bonds is 6. The van der Waals surface area contributed by atoms with Crippen molar-refractivity contribution in [3.05, 3.63) is 35.9 Å². The number of nitrogens with two attached hydrogens (primary N) is 1. The van der Waals surface area contributed by atoms with Crippen LogP contribution < -0.4 is 5.73 Å². The first-order valence-electron chi connectivity index (χ1n) is 8.03. The van der Waals surface area contributed by atoms with Crippen LogP contribution in [0.3, 0.4) is 0 Å². The fourth-order valence-electron chi connectivity index (χ4n) is 3.00. The summed E-state index contributed by atoms with van der Waals surface area (Å²) in [6.07, 6.45) is 0.761. The van der Waals surface area contributed by atoms with Crippen molar-refractivity contribution in [3.63, 3.8) is 0 Å². The Morgan fingerprint density at radius 2 is 2.14 bits per heavy atom. The van der Waals surface area contributed by atoms with E-state index in [0.717, 1.165) is 31.6 Å². The first kappa shape index (κ1) is 16.8. The molecule has 0 aromatic heterocycles. The summed E-state index contributed by atoms with van der Waals surface area (Å²) < 4.78 is 5.50. The third kappa shape index (κ3) is 4.45. The lowest BCUT2D eigenvalue weighted by Crippen LogP contribution is -2.46.